The van der Waals surface area contributed by atoms with Gasteiger partial charge in [0.15, 0.2) is 0 Å². The van der Waals surface area contributed by atoms with Gasteiger partial charge in [-0.05, 0) is 33.4 Å². The van der Waals surface area contributed by atoms with Crippen molar-refractivity contribution in [1.29, 1.82) is 0 Å². The Labute approximate surface area is 141 Å². The van der Waals surface area contributed by atoms with Crippen molar-refractivity contribution in [3.63, 3.8) is 0 Å². The number of hydrogen-bond acceptors (Lipinski definition) is 0. The predicted molar refractivity (Wildman–Crippen MR) is 96.4 cm³/mol. The highest BCUT2D eigenvalue weighted by Gasteiger charge is 2.06. The van der Waals surface area contributed by atoms with Crippen molar-refractivity contribution in [3.8, 4) is 22.3 Å². The van der Waals surface area contributed by atoms with E-state index in [9.17, 15) is 0 Å². The number of alkyl halides is 2. The van der Waals surface area contributed by atoms with Crippen molar-refractivity contribution in [1.82, 2.24) is 0 Å². The third-order valence-electron chi connectivity index (χ3n) is 3.83. The summed E-state index contributed by atoms with van der Waals surface area (Å²) in [6.45, 7) is 0. The van der Waals surface area contributed by atoms with Crippen LogP contribution in [-0.4, -0.2) is 0 Å². The molecule has 0 amide bonds. The first kappa shape index (κ1) is 15.1. The maximum Gasteiger partial charge on any atom is 0.0480 e. The molecule has 0 heterocycles. The average molecular weight is 327 g/mol. The van der Waals surface area contributed by atoms with Crippen molar-refractivity contribution < 1.29 is 0 Å². The lowest BCUT2D eigenvalue weighted by molar-refractivity contribution is 1.39. The largest absolute Gasteiger partial charge is 0.122 e. The smallest absolute Gasteiger partial charge is 0.0480 e. The first-order valence-corrected chi connectivity index (χ1v) is 8.29. The van der Waals surface area contributed by atoms with Crippen LogP contribution in [0.5, 0.6) is 0 Å². The van der Waals surface area contributed by atoms with E-state index in [0.717, 1.165) is 11.1 Å². The molecule has 0 saturated heterocycles. The fourth-order valence-corrected chi connectivity index (χ4v) is 3.13. The number of hydrogen-bond donors (Lipinski definition) is 0. The molecule has 2 heteroatoms. The van der Waals surface area contributed by atoms with Crippen molar-refractivity contribution >= 4 is 23.2 Å². The third-order valence-corrected chi connectivity index (χ3v) is 4.41. The molecule has 110 valence electrons. The summed E-state index contributed by atoms with van der Waals surface area (Å²) >= 11 is 12.1. The number of rotatable bonds is 4. The van der Waals surface area contributed by atoms with E-state index in [1.165, 1.54) is 22.3 Å². The summed E-state index contributed by atoms with van der Waals surface area (Å²) in [5, 5.41) is 0. The zero-order valence-electron chi connectivity index (χ0n) is 12.1. The molecule has 0 aliphatic rings. The molecule has 0 fully saturated rings. The van der Waals surface area contributed by atoms with Gasteiger partial charge >= 0.3 is 0 Å². The van der Waals surface area contributed by atoms with Crippen LogP contribution in [0.2, 0.25) is 0 Å². The minimum atomic E-state index is 0.521. The second-order valence-electron chi connectivity index (χ2n) is 5.16. The van der Waals surface area contributed by atoms with Gasteiger partial charge in [-0.2, -0.15) is 0 Å². The summed E-state index contributed by atoms with van der Waals surface area (Å²) in [6, 6.07) is 25.1. The molecular weight excluding hydrogens is 311 g/mol. The minimum Gasteiger partial charge on any atom is -0.122 e. The van der Waals surface area contributed by atoms with Crippen LogP contribution in [0.1, 0.15) is 11.1 Å². The van der Waals surface area contributed by atoms with Crippen LogP contribution >= 0.6 is 23.2 Å². The second-order valence-corrected chi connectivity index (χ2v) is 5.69. The number of halogens is 2. The molecule has 0 aliphatic heterocycles. The van der Waals surface area contributed by atoms with Gasteiger partial charge in [-0.25, -0.2) is 0 Å². The van der Waals surface area contributed by atoms with Crippen LogP contribution in [0, 0.1) is 0 Å². The minimum absolute atomic E-state index is 0.521. The lowest BCUT2D eigenvalue weighted by Crippen LogP contribution is -1.88. The van der Waals surface area contributed by atoms with Gasteiger partial charge in [0.2, 0.25) is 0 Å². The lowest BCUT2D eigenvalue weighted by atomic mass is 9.96. The molecule has 0 bridgehead atoms. The van der Waals surface area contributed by atoms with E-state index < -0.39 is 0 Å². The Morgan fingerprint density at radius 1 is 0.500 bits per heavy atom. The lowest BCUT2D eigenvalue weighted by Gasteiger charge is -2.10. The summed E-state index contributed by atoms with van der Waals surface area (Å²) < 4.78 is 0. The van der Waals surface area contributed by atoms with Gasteiger partial charge < -0.3 is 0 Å². The van der Waals surface area contributed by atoms with Crippen molar-refractivity contribution in [2.45, 2.75) is 11.8 Å². The van der Waals surface area contributed by atoms with Gasteiger partial charge in [-0.1, -0.05) is 72.8 Å². The summed E-state index contributed by atoms with van der Waals surface area (Å²) in [5.74, 6) is 1.04. The molecular formula is C20H16Cl2. The van der Waals surface area contributed by atoms with E-state index in [1.807, 2.05) is 24.3 Å². The topological polar surface area (TPSA) is 0 Å². The first-order chi connectivity index (χ1) is 10.8. The highest BCUT2D eigenvalue weighted by molar-refractivity contribution is 6.17. The maximum atomic E-state index is 6.03. The molecule has 3 aromatic rings. The second kappa shape index (κ2) is 7.00. The highest BCUT2D eigenvalue weighted by Crippen LogP contribution is 2.29. The Morgan fingerprint density at radius 2 is 0.864 bits per heavy atom. The highest BCUT2D eigenvalue weighted by atomic mass is 35.5. The van der Waals surface area contributed by atoms with Crippen LogP contribution in [0.15, 0.2) is 72.8 Å². The Morgan fingerprint density at radius 3 is 1.23 bits per heavy atom. The quantitative estimate of drug-likeness (QED) is 0.480. The van der Waals surface area contributed by atoms with Crippen molar-refractivity contribution in [3.05, 3.63) is 83.9 Å². The number of benzene rings is 3. The molecule has 22 heavy (non-hydrogen) atoms. The fraction of sp³-hybridized carbons (Fsp3) is 0.100. The van der Waals surface area contributed by atoms with Crippen LogP contribution < -0.4 is 0 Å². The van der Waals surface area contributed by atoms with E-state index in [0.29, 0.717) is 11.8 Å². The summed E-state index contributed by atoms with van der Waals surface area (Å²) in [6.07, 6.45) is 0. The molecule has 0 spiro atoms. The SMILES string of the molecule is ClCc1ccccc1-c1ccc(-c2ccccc2CCl)cc1. The van der Waals surface area contributed by atoms with E-state index in [1.54, 1.807) is 0 Å². The molecule has 0 nitrogen and oxygen atoms in total. The van der Waals surface area contributed by atoms with Gasteiger partial charge in [0.05, 0.1) is 0 Å². The predicted octanol–water partition coefficient (Wildman–Crippen LogP) is 6.50. The molecule has 0 aromatic heterocycles. The third kappa shape index (κ3) is 3.04. The summed E-state index contributed by atoms with van der Waals surface area (Å²) in [7, 11) is 0. The zero-order valence-corrected chi connectivity index (χ0v) is 13.6. The van der Waals surface area contributed by atoms with E-state index >= 15 is 0 Å². The normalized spacial score (nSPS) is 10.6. The standard InChI is InChI=1S/C20H16Cl2/c21-13-17-5-1-3-7-19(17)15-9-11-16(12-10-15)20-8-4-2-6-18(20)14-22/h1-12H,13-14H2. The van der Waals surface area contributed by atoms with E-state index in [4.69, 9.17) is 23.2 Å². The van der Waals surface area contributed by atoms with Gasteiger partial charge in [-0.3, -0.25) is 0 Å². The van der Waals surface area contributed by atoms with Crippen LogP contribution in [0.25, 0.3) is 22.3 Å². The average Bonchev–Trinajstić information content (AvgIpc) is 2.62. The van der Waals surface area contributed by atoms with Gasteiger partial charge in [0.25, 0.3) is 0 Å². The Bertz CT molecular complexity index is 694. The zero-order chi connectivity index (χ0) is 15.4. The van der Waals surface area contributed by atoms with Gasteiger partial charge in [0.1, 0.15) is 0 Å². The first-order valence-electron chi connectivity index (χ1n) is 7.22. The van der Waals surface area contributed by atoms with Crippen LogP contribution in [0.3, 0.4) is 0 Å². The van der Waals surface area contributed by atoms with Crippen LogP contribution in [-0.2, 0) is 11.8 Å². The van der Waals surface area contributed by atoms with Gasteiger partial charge in [0, 0.05) is 11.8 Å². The molecule has 0 unspecified atom stereocenters. The summed E-state index contributed by atoms with van der Waals surface area (Å²) in [4.78, 5) is 0. The van der Waals surface area contributed by atoms with Crippen molar-refractivity contribution in [2.75, 3.05) is 0 Å². The Hall–Kier alpha value is -1.76. The van der Waals surface area contributed by atoms with Gasteiger partial charge in [-0.15, -0.1) is 23.2 Å². The van der Waals surface area contributed by atoms with Crippen LogP contribution in [0.4, 0.5) is 0 Å². The van der Waals surface area contributed by atoms with E-state index in [-0.39, 0.29) is 0 Å². The fourth-order valence-electron chi connectivity index (χ4n) is 2.67. The van der Waals surface area contributed by atoms with Crippen molar-refractivity contribution in [2.24, 2.45) is 0 Å². The maximum absolute atomic E-state index is 6.03. The molecule has 0 aliphatic carbocycles. The Kier molecular flexibility index (Phi) is 4.82. The molecule has 3 aromatic carbocycles. The summed E-state index contributed by atoms with van der Waals surface area (Å²) in [5.41, 5.74) is 7.05. The monoisotopic (exact) mass is 326 g/mol. The molecule has 0 N–H and O–H groups in total. The molecule has 0 atom stereocenters. The molecule has 0 radical (unpaired) electrons. The Balaban J connectivity index is 2.00. The molecule has 0 saturated carbocycles. The molecule has 3 rings (SSSR count). The van der Waals surface area contributed by atoms with E-state index in [2.05, 4.69) is 48.5 Å².